The number of aromatic nitrogens is 3. The molecule has 2 aliphatic heterocycles. The lowest BCUT2D eigenvalue weighted by atomic mass is 9.90. The number of nitrogen functional groups attached to an aromatic ring is 1. The molecule has 3 aliphatic rings. The molecule has 2 fully saturated rings. The van der Waals surface area contributed by atoms with Gasteiger partial charge in [0.2, 0.25) is 11.8 Å². The lowest BCUT2D eigenvalue weighted by molar-refractivity contribution is -0.136. The zero-order valence-electron chi connectivity index (χ0n) is 30.7. The van der Waals surface area contributed by atoms with Gasteiger partial charge in [-0.3, -0.25) is 19.7 Å². The Morgan fingerprint density at radius 1 is 1.09 bits per heavy atom. The number of rotatable bonds is 10. The van der Waals surface area contributed by atoms with E-state index in [2.05, 4.69) is 27.5 Å². The van der Waals surface area contributed by atoms with Crippen molar-refractivity contribution in [2.45, 2.75) is 96.0 Å². The molecule has 1 unspecified atom stereocenters. The Morgan fingerprint density at radius 2 is 1.89 bits per heavy atom. The molecule has 53 heavy (non-hydrogen) atoms. The topological polar surface area (TPSA) is 171 Å². The van der Waals surface area contributed by atoms with E-state index in [4.69, 9.17) is 19.9 Å². The highest BCUT2D eigenvalue weighted by Crippen LogP contribution is 2.34. The molecular formula is C39H47N7O7. The average molecular weight is 726 g/mol. The number of fused-ring (bicyclic) bond motifs is 1. The number of amides is 4. The molecule has 4 amide bonds. The lowest BCUT2D eigenvalue weighted by Gasteiger charge is -2.37. The first-order valence-electron chi connectivity index (χ1n) is 18.1. The molecule has 0 radical (unpaired) electrons. The van der Waals surface area contributed by atoms with E-state index in [1.165, 1.54) is 4.90 Å². The molecule has 3 N–H and O–H groups in total. The second kappa shape index (κ2) is 16.1. The van der Waals surface area contributed by atoms with E-state index in [9.17, 15) is 19.2 Å². The van der Waals surface area contributed by atoms with Crippen molar-refractivity contribution in [2.75, 3.05) is 32.6 Å². The number of anilines is 1. The van der Waals surface area contributed by atoms with Crippen LogP contribution in [0.3, 0.4) is 0 Å². The van der Waals surface area contributed by atoms with Gasteiger partial charge < -0.3 is 29.7 Å². The monoisotopic (exact) mass is 725 g/mol. The van der Waals surface area contributed by atoms with Crippen molar-refractivity contribution in [3.63, 3.8) is 0 Å². The minimum Gasteiger partial charge on any atom is -0.495 e. The van der Waals surface area contributed by atoms with E-state index in [1.54, 1.807) is 25.3 Å². The van der Waals surface area contributed by atoms with E-state index in [1.807, 2.05) is 54.7 Å². The Morgan fingerprint density at radius 3 is 2.62 bits per heavy atom. The van der Waals surface area contributed by atoms with Crippen LogP contribution in [0.15, 0.2) is 42.6 Å². The van der Waals surface area contributed by atoms with Gasteiger partial charge in [-0.2, -0.15) is 0 Å². The Bertz CT molecular complexity index is 1920. The molecule has 6 rings (SSSR count). The molecule has 1 aromatic heterocycles. The smallest absolute Gasteiger partial charge is 0.410 e. The minimum atomic E-state index is -0.680. The van der Waals surface area contributed by atoms with Crippen molar-refractivity contribution in [2.24, 2.45) is 0 Å². The van der Waals surface area contributed by atoms with Crippen molar-refractivity contribution in [1.29, 1.82) is 0 Å². The Labute approximate surface area is 309 Å². The van der Waals surface area contributed by atoms with Crippen LogP contribution in [-0.4, -0.2) is 93.2 Å². The summed E-state index contributed by atoms with van der Waals surface area (Å²) in [6.07, 6.45) is 5.99. The predicted octanol–water partition coefficient (Wildman–Crippen LogP) is 4.48. The Kier molecular flexibility index (Phi) is 11.3. The molecule has 0 bridgehead atoms. The molecule has 14 heteroatoms. The molecule has 280 valence electrons. The van der Waals surface area contributed by atoms with Gasteiger partial charge in [0.25, 0.3) is 5.91 Å². The van der Waals surface area contributed by atoms with E-state index >= 15 is 0 Å². The summed E-state index contributed by atoms with van der Waals surface area (Å²) in [5, 5.41) is 11.1. The maximum atomic E-state index is 13.4. The molecular weight excluding hydrogens is 678 g/mol. The van der Waals surface area contributed by atoms with Crippen molar-refractivity contribution in [3.05, 3.63) is 59.3 Å². The Balaban J connectivity index is 1.00. The number of benzene rings is 2. The first-order chi connectivity index (χ1) is 25.4. The van der Waals surface area contributed by atoms with Gasteiger partial charge in [0.05, 0.1) is 25.0 Å². The van der Waals surface area contributed by atoms with Crippen molar-refractivity contribution >= 4 is 29.5 Å². The number of nitrogens with zero attached hydrogens (tertiary/aromatic N) is 5. The molecule has 3 heterocycles. The number of hydrogen-bond donors (Lipinski definition) is 2. The zero-order valence-corrected chi connectivity index (χ0v) is 30.7. The highest BCUT2D eigenvalue weighted by Gasteiger charge is 2.40. The van der Waals surface area contributed by atoms with Gasteiger partial charge in [0, 0.05) is 48.8 Å². The summed E-state index contributed by atoms with van der Waals surface area (Å²) in [7, 11) is 1.58. The number of carbonyl (C=O) groups is 4. The molecule has 2 aromatic carbocycles. The number of hydrogen-bond acceptors (Lipinski definition) is 10. The highest BCUT2D eigenvalue weighted by atomic mass is 16.6. The summed E-state index contributed by atoms with van der Waals surface area (Å²) in [5.41, 5.74) is 9.51. The van der Waals surface area contributed by atoms with E-state index in [0.717, 1.165) is 42.5 Å². The van der Waals surface area contributed by atoms with Crippen LogP contribution in [0.1, 0.15) is 93.2 Å². The van der Waals surface area contributed by atoms with Crippen molar-refractivity contribution in [1.82, 2.24) is 30.1 Å². The fourth-order valence-corrected chi connectivity index (χ4v) is 7.13. The van der Waals surface area contributed by atoms with Gasteiger partial charge in [-0.25, -0.2) is 9.48 Å². The molecule has 1 saturated heterocycles. The number of methoxy groups -OCH3 is 1. The van der Waals surface area contributed by atoms with Crippen LogP contribution < -0.4 is 15.8 Å². The third-order valence-electron chi connectivity index (χ3n) is 9.82. The first-order valence-corrected chi connectivity index (χ1v) is 18.1. The van der Waals surface area contributed by atoms with Crippen LogP contribution in [0.4, 0.5) is 10.5 Å². The van der Waals surface area contributed by atoms with E-state index < -0.39 is 17.6 Å². The summed E-state index contributed by atoms with van der Waals surface area (Å²) in [6, 6.07) is 10.4. The fourth-order valence-electron chi connectivity index (χ4n) is 7.13. The summed E-state index contributed by atoms with van der Waals surface area (Å²) in [5.74, 6) is 5.76. The van der Waals surface area contributed by atoms with Gasteiger partial charge in [-0.05, 0) is 89.1 Å². The van der Waals surface area contributed by atoms with Crippen LogP contribution in [0.2, 0.25) is 0 Å². The van der Waals surface area contributed by atoms with Crippen LogP contribution in [0.5, 0.6) is 5.75 Å². The SMILES string of the molecule is COc1cc(-c2cn(C3CCC(N(CCCOCC#Cc4cccc5c4CN(C4CCC(=O)NC4=O)C5=O)C(=O)OC(C)(C)C)CC3)nn2)ccc1N. The largest absolute Gasteiger partial charge is 0.495 e. The highest BCUT2D eigenvalue weighted by molar-refractivity contribution is 6.05. The number of nitrogens with one attached hydrogen (secondary N) is 1. The second-order valence-corrected chi connectivity index (χ2v) is 14.6. The molecule has 1 saturated carbocycles. The van der Waals surface area contributed by atoms with Crippen molar-refractivity contribution in [3.8, 4) is 28.8 Å². The van der Waals surface area contributed by atoms with Gasteiger partial charge in [0.15, 0.2) is 0 Å². The number of imide groups is 1. The standard InChI is InChI=1S/C39H47N7O7/c1-39(2,3)53-38(50)44(27-12-14-28(15-13-27)46-24-32(42-43-46)26-11-16-31(40)34(22-26)51-4)19-7-21-52-20-6-9-25-8-5-10-29-30(25)23-45(37(29)49)33-17-18-35(47)41-36(33)48/h5,8,10-11,16,22,24,27-28,33H,7,12-15,17-21,23,40H2,1-4H3,(H,41,47,48). The van der Waals surface area contributed by atoms with E-state index in [-0.39, 0.29) is 49.6 Å². The fraction of sp³-hybridized carbons (Fsp3) is 0.487. The number of nitrogens with two attached hydrogens (primary N) is 1. The maximum absolute atomic E-state index is 13.4. The van der Waals surface area contributed by atoms with Crippen LogP contribution in [-0.2, 0) is 25.6 Å². The lowest BCUT2D eigenvalue weighted by Crippen LogP contribution is -2.52. The van der Waals surface area contributed by atoms with Gasteiger partial charge in [0.1, 0.15) is 29.7 Å². The summed E-state index contributed by atoms with van der Waals surface area (Å²) >= 11 is 0. The van der Waals surface area contributed by atoms with Crippen molar-refractivity contribution < 1.29 is 33.4 Å². The predicted molar refractivity (Wildman–Crippen MR) is 195 cm³/mol. The Hall–Kier alpha value is -5.42. The third kappa shape index (κ3) is 8.80. The number of ether oxygens (including phenoxy) is 3. The van der Waals surface area contributed by atoms with Crippen LogP contribution in [0.25, 0.3) is 11.3 Å². The van der Waals surface area contributed by atoms with Gasteiger partial charge >= 0.3 is 6.09 Å². The van der Waals surface area contributed by atoms with Gasteiger partial charge in [-0.15, -0.1) is 5.10 Å². The average Bonchev–Trinajstić information content (AvgIpc) is 3.75. The maximum Gasteiger partial charge on any atom is 0.410 e. The molecule has 1 aliphatic carbocycles. The third-order valence-corrected chi connectivity index (χ3v) is 9.82. The molecule has 1 atom stereocenters. The number of piperidine rings is 1. The van der Waals surface area contributed by atoms with Crippen LogP contribution >= 0.6 is 0 Å². The first kappa shape index (κ1) is 37.3. The second-order valence-electron chi connectivity index (χ2n) is 14.6. The summed E-state index contributed by atoms with van der Waals surface area (Å²) in [6.45, 7) is 6.91. The number of carbonyl (C=O) groups excluding carboxylic acids is 4. The van der Waals surface area contributed by atoms with Gasteiger partial charge in [-0.1, -0.05) is 29.2 Å². The molecule has 14 nitrogen and oxygen atoms in total. The summed E-state index contributed by atoms with van der Waals surface area (Å²) in [4.78, 5) is 53.9. The zero-order chi connectivity index (χ0) is 37.7. The normalized spacial score (nSPS) is 20.0. The van der Waals surface area contributed by atoms with E-state index in [0.29, 0.717) is 48.6 Å². The van der Waals surface area contributed by atoms with Crippen LogP contribution in [0, 0.1) is 11.8 Å². The quantitative estimate of drug-likeness (QED) is 0.132. The molecule has 0 spiro atoms. The summed E-state index contributed by atoms with van der Waals surface area (Å²) < 4.78 is 18.9. The molecule has 3 aromatic rings. The minimum absolute atomic E-state index is 0.0212.